The molecule has 3 nitrogen and oxygen atoms in total. The van der Waals surface area contributed by atoms with Crippen LogP contribution in [-0.2, 0) is 0 Å². The highest BCUT2D eigenvalue weighted by Crippen LogP contribution is 2.35. The predicted octanol–water partition coefficient (Wildman–Crippen LogP) is 5.08. The van der Waals surface area contributed by atoms with E-state index in [-0.39, 0.29) is 11.6 Å². The zero-order chi connectivity index (χ0) is 17.8. The molecular formula is C20H17IO3S. The zero-order valence-corrected chi connectivity index (χ0v) is 16.7. The van der Waals surface area contributed by atoms with Crippen LogP contribution in [0.25, 0.3) is 5.57 Å². The quantitative estimate of drug-likeness (QED) is 0.259. The van der Waals surface area contributed by atoms with E-state index in [1.54, 1.807) is 43.1 Å². The number of methoxy groups -OCH3 is 1. The maximum Gasteiger partial charge on any atom is 0.194 e. The van der Waals surface area contributed by atoms with Gasteiger partial charge >= 0.3 is 0 Å². The van der Waals surface area contributed by atoms with E-state index in [0.29, 0.717) is 22.3 Å². The molecule has 0 radical (unpaired) electrons. The van der Waals surface area contributed by atoms with Gasteiger partial charge in [0.2, 0.25) is 0 Å². The van der Waals surface area contributed by atoms with Gasteiger partial charge in [0.15, 0.2) is 11.6 Å². The fourth-order valence-corrected chi connectivity index (χ4v) is 4.58. The molecule has 1 aliphatic carbocycles. The normalized spacial score (nSPS) is 13.4. The fraction of sp³-hybridized carbons (Fsp3) is 0.200. The number of benzene rings is 2. The summed E-state index contributed by atoms with van der Waals surface area (Å²) in [6.45, 7) is 0. The number of Topliss-reactive ketones (excluding diaryl/α,β-unsaturated/α-hetero) is 1. The van der Waals surface area contributed by atoms with Gasteiger partial charge in [-0.1, -0.05) is 52.9 Å². The van der Waals surface area contributed by atoms with Crippen LogP contribution in [0.15, 0.2) is 53.4 Å². The van der Waals surface area contributed by atoms with Crippen molar-refractivity contribution in [1.29, 1.82) is 0 Å². The van der Waals surface area contributed by atoms with Crippen molar-refractivity contribution in [3.05, 3.63) is 65.2 Å². The summed E-state index contributed by atoms with van der Waals surface area (Å²) >= 11 is 4.11. The van der Waals surface area contributed by atoms with Gasteiger partial charge in [-0.3, -0.25) is 9.59 Å². The Balaban J connectivity index is 1.94. The number of rotatable bonds is 6. The van der Waals surface area contributed by atoms with E-state index < -0.39 is 0 Å². The van der Waals surface area contributed by atoms with Gasteiger partial charge in [-0.15, -0.1) is 11.8 Å². The molecule has 0 atom stereocenters. The second kappa shape index (κ2) is 8.19. The van der Waals surface area contributed by atoms with Crippen LogP contribution in [0, 0.1) is 0 Å². The van der Waals surface area contributed by atoms with Crippen LogP contribution < -0.4 is 4.74 Å². The van der Waals surface area contributed by atoms with Crippen LogP contribution in [0.5, 0.6) is 5.75 Å². The first-order valence-electron chi connectivity index (χ1n) is 7.92. The number of ether oxygens (including phenoxy) is 1. The van der Waals surface area contributed by atoms with Gasteiger partial charge in [-0.2, -0.15) is 0 Å². The van der Waals surface area contributed by atoms with E-state index in [2.05, 4.69) is 22.6 Å². The predicted molar refractivity (Wildman–Crippen MR) is 110 cm³/mol. The Bertz CT molecular complexity index is 858. The summed E-state index contributed by atoms with van der Waals surface area (Å²) in [4.78, 5) is 26.2. The molecule has 0 aromatic heterocycles. The van der Waals surface area contributed by atoms with Gasteiger partial charge in [0.25, 0.3) is 0 Å². The minimum atomic E-state index is -0.135. The molecule has 128 valence electrons. The number of thioether (sulfide) groups is 1. The minimum Gasteiger partial charge on any atom is -0.496 e. The molecule has 0 N–H and O–H groups in total. The maximum atomic E-state index is 12.8. The topological polar surface area (TPSA) is 43.4 Å². The molecule has 2 aromatic rings. The highest BCUT2D eigenvalue weighted by molar-refractivity contribution is 14.1. The first-order valence-corrected chi connectivity index (χ1v) is 10.4. The van der Waals surface area contributed by atoms with E-state index in [1.165, 1.54) is 6.08 Å². The average Bonchev–Trinajstić information content (AvgIpc) is 2.65. The van der Waals surface area contributed by atoms with E-state index in [0.717, 1.165) is 27.2 Å². The molecule has 0 aliphatic heterocycles. The number of allylic oxidation sites excluding steroid dienone is 2. The average molecular weight is 464 g/mol. The van der Waals surface area contributed by atoms with Gasteiger partial charge in [0, 0.05) is 26.0 Å². The van der Waals surface area contributed by atoms with Crippen LogP contribution in [-0.4, -0.2) is 28.9 Å². The number of hydrogen-bond donors (Lipinski definition) is 0. The highest BCUT2D eigenvalue weighted by atomic mass is 127. The molecule has 2 aromatic carbocycles. The van der Waals surface area contributed by atoms with Crippen molar-refractivity contribution in [2.45, 2.75) is 11.3 Å². The molecule has 0 fully saturated rings. The highest BCUT2D eigenvalue weighted by Gasteiger charge is 2.26. The summed E-state index contributed by atoms with van der Waals surface area (Å²) in [6, 6.07) is 12.6. The molecule has 0 saturated heterocycles. The Morgan fingerprint density at radius 3 is 2.56 bits per heavy atom. The zero-order valence-electron chi connectivity index (χ0n) is 13.8. The number of ketones is 2. The summed E-state index contributed by atoms with van der Waals surface area (Å²) in [5.41, 5.74) is 2.06. The SMILES string of the molecule is COc1cc(C2=CC(=O)c3ccccc3C2=O)ccc1SCCCI. The number of carbonyl (C=O) groups excluding carboxylic acids is 2. The summed E-state index contributed by atoms with van der Waals surface area (Å²) < 4.78 is 6.61. The minimum absolute atomic E-state index is 0.123. The molecule has 0 amide bonds. The van der Waals surface area contributed by atoms with Crippen molar-refractivity contribution in [2.24, 2.45) is 0 Å². The van der Waals surface area contributed by atoms with Gasteiger partial charge in [0.05, 0.1) is 7.11 Å². The first-order chi connectivity index (χ1) is 12.2. The Labute approximate surface area is 165 Å². The van der Waals surface area contributed by atoms with E-state index in [9.17, 15) is 9.59 Å². The van der Waals surface area contributed by atoms with Crippen LogP contribution in [0.4, 0.5) is 0 Å². The molecule has 3 rings (SSSR count). The van der Waals surface area contributed by atoms with Crippen molar-refractivity contribution >= 4 is 51.5 Å². The Hall–Kier alpha value is -1.60. The molecule has 0 saturated carbocycles. The van der Waals surface area contributed by atoms with Crippen LogP contribution in [0.2, 0.25) is 0 Å². The molecule has 1 aliphatic rings. The fourth-order valence-electron chi connectivity index (χ4n) is 2.72. The molecule has 0 heterocycles. The van der Waals surface area contributed by atoms with Crippen LogP contribution >= 0.6 is 34.4 Å². The molecule has 0 unspecified atom stereocenters. The third-order valence-corrected chi connectivity index (χ3v) is 5.87. The monoisotopic (exact) mass is 464 g/mol. The third-order valence-electron chi connectivity index (χ3n) is 3.97. The lowest BCUT2D eigenvalue weighted by atomic mass is 9.86. The molecule has 25 heavy (non-hydrogen) atoms. The van der Waals surface area contributed by atoms with Gasteiger partial charge < -0.3 is 4.74 Å². The second-order valence-corrected chi connectivity index (χ2v) is 7.77. The Morgan fingerprint density at radius 1 is 1.08 bits per heavy atom. The summed E-state index contributed by atoms with van der Waals surface area (Å²) in [5.74, 6) is 1.50. The van der Waals surface area contributed by atoms with Crippen LogP contribution in [0.3, 0.4) is 0 Å². The van der Waals surface area contributed by atoms with E-state index >= 15 is 0 Å². The Morgan fingerprint density at radius 2 is 1.84 bits per heavy atom. The molecule has 5 heteroatoms. The molecule has 0 spiro atoms. The first kappa shape index (κ1) is 18.2. The van der Waals surface area contributed by atoms with E-state index in [1.807, 2.05) is 18.2 Å². The maximum absolute atomic E-state index is 12.8. The second-order valence-electron chi connectivity index (χ2n) is 5.55. The van der Waals surface area contributed by atoms with Crippen molar-refractivity contribution < 1.29 is 14.3 Å². The van der Waals surface area contributed by atoms with E-state index in [4.69, 9.17) is 4.74 Å². The van der Waals surface area contributed by atoms with Gasteiger partial charge in [-0.05, 0) is 35.9 Å². The van der Waals surface area contributed by atoms with Crippen molar-refractivity contribution in [2.75, 3.05) is 17.3 Å². The largest absolute Gasteiger partial charge is 0.496 e. The third kappa shape index (κ3) is 3.82. The number of fused-ring (bicyclic) bond motifs is 1. The lowest BCUT2D eigenvalue weighted by molar-refractivity contribution is 0.100. The van der Waals surface area contributed by atoms with Crippen molar-refractivity contribution in [3.8, 4) is 5.75 Å². The smallest absolute Gasteiger partial charge is 0.194 e. The van der Waals surface area contributed by atoms with Crippen LogP contribution in [0.1, 0.15) is 32.7 Å². The number of halogens is 1. The molecule has 0 bridgehead atoms. The standard InChI is InChI=1S/C20H17IO3S/c1-24-18-11-13(7-8-19(18)25-10-4-9-21)16-12-17(22)14-5-2-3-6-15(14)20(16)23/h2-3,5-8,11-12H,4,9-10H2,1H3. The van der Waals surface area contributed by atoms with Crippen molar-refractivity contribution in [3.63, 3.8) is 0 Å². The summed E-state index contributed by atoms with van der Waals surface area (Å²) in [5, 5.41) is 0. The number of alkyl halides is 1. The number of carbonyl (C=O) groups is 2. The summed E-state index contributed by atoms with van der Waals surface area (Å²) in [6.07, 6.45) is 2.56. The van der Waals surface area contributed by atoms with Gasteiger partial charge in [0.1, 0.15) is 5.75 Å². The lowest BCUT2D eigenvalue weighted by Gasteiger charge is -2.16. The Kier molecular flexibility index (Phi) is 5.96. The number of hydrogen-bond acceptors (Lipinski definition) is 4. The molecular weight excluding hydrogens is 447 g/mol. The summed E-state index contributed by atoms with van der Waals surface area (Å²) in [7, 11) is 1.62. The lowest BCUT2D eigenvalue weighted by Crippen LogP contribution is -2.16. The van der Waals surface area contributed by atoms with Gasteiger partial charge in [-0.25, -0.2) is 0 Å². The van der Waals surface area contributed by atoms with Crippen molar-refractivity contribution in [1.82, 2.24) is 0 Å².